The Bertz CT molecular complexity index is 154. The minimum Gasteiger partial charge on any atom is -0.316 e. The van der Waals surface area contributed by atoms with Gasteiger partial charge in [0.05, 0.1) is 0 Å². The molecule has 2 aliphatic rings. The Morgan fingerprint density at radius 1 is 1.31 bits per heavy atom. The normalized spacial score (nSPS) is 30.7. The summed E-state index contributed by atoms with van der Waals surface area (Å²) in [5.41, 5.74) is 0. The lowest BCUT2D eigenvalue weighted by Crippen LogP contribution is -2.47. The number of nitrogens with one attached hydrogen (secondary N) is 1. The van der Waals surface area contributed by atoms with Gasteiger partial charge in [-0.25, -0.2) is 0 Å². The van der Waals surface area contributed by atoms with Gasteiger partial charge in [-0.2, -0.15) is 0 Å². The van der Waals surface area contributed by atoms with Gasteiger partial charge in [0.25, 0.3) is 0 Å². The first-order valence-electron chi connectivity index (χ1n) is 5.81. The van der Waals surface area contributed by atoms with Crippen molar-refractivity contribution < 1.29 is 0 Å². The summed E-state index contributed by atoms with van der Waals surface area (Å²) in [4.78, 5) is 2.67. The Balaban J connectivity index is 1.65. The summed E-state index contributed by atoms with van der Waals surface area (Å²) in [5, 5.41) is 3.34. The smallest absolute Gasteiger partial charge is 0.00341 e. The van der Waals surface area contributed by atoms with Crippen LogP contribution in [0.4, 0.5) is 0 Å². The monoisotopic (exact) mass is 182 g/mol. The second kappa shape index (κ2) is 4.43. The van der Waals surface area contributed by atoms with Gasteiger partial charge in [-0.05, 0) is 31.2 Å². The van der Waals surface area contributed by atoms with Gasteiger partial charge in [0.1, 0.15) is 0 Å². The molecule has 2 rings (SSSR count). The first kappa shape index (κ1) is 9.47. The van der Waals surface area contributed by atoms with E-state index in [2.05, 4.69) is 17.1 Å². The number of nitrogens with zero attached hydrogens (tertiary/aromatic N) is 1. The van der Waals surface area contributed by atoms with Gasteiger partial charge in [0.15, 0.2) is 0 Å². The van der Waals surface area contributed by atoms with E-state index < -0.39 is 0 Å². The average molecular weight is 182 g/mol. The summed E-state index contributed by atoms with van der Waals surface area (Å²) >= 11 is 0. The summed E-state index contributed by atoms with van der Waals surface area (Å²) < 4.78 is 0. The van der Waals surface area contributed by atoms with E-state index >= 15 is 0 Å². The minimum absolute atomic E-state index is 0.959. The molecule has 0 aromatic heterocycles. The maximum atomic E-state index is 3.34. The highest BCUT2D eigenvalue weighted by Gasteiger charge is 2.26. The second-order valence-corrected chi connectivity index (χ2v) is 4.73. The average Bonchev–Trinajstić information content (AvgIpc) is 2.46. The van der Waals surface area contributed by atoms with Crippen LogP contribution in [-0.2, 0) is 0 Å². The standard InChI is InChI=1S/C11H22N2/c1-2-3-10-4-5-13(8-10)9-11-6-12-7-11/h10-12H,2-9H2,1H3. The predicted octanol–water partition coefficient (Wildman–Crippen LogP) is 1.33. The van der Waals surface area contributed by atoms with Gasteiger partial charge < -0.3 is 10.2 Å². The zero-order valence-electron chi connectivity index (χ0n) is 8.76. The maximum absolute atomic E-state index is 3.34. The van der Waals surface area contributed by atoms with Crippen LogP contribution < -0.4 is 5.32 Å². The summed E-state index contributed by atoms with van der Waals surface area (Å²) in [6.45, 7) is 8.92. The van der Waals surface area contributed by atoms with Crippen molar-refractivity contribution in [2.45, 2.75) is 26.2 Å². The van der Waals surface area contributed by atoms with E-state index in [9.17, 15) is 0 Å². The molecular weight excluding hydrogens is 160 g/mol. The van der Waals surface area contributed by atoms with Crippen molar-refractivity contribution in [1.29, 1.82) is 0 Å². The molecule has 2 aliphatic heterocycles. The Kier molecular flexibility index (Phi) is 3.23. The molecule has 13 heavy (non-hydrogen) atoms. The van der Waals surface area contributed by atoms with Crippen LogP contribution in [0.3, 0.4) is 0 Å². The van der Waals surface area contributed by atoms with Crippen LogP contribution in [0.25, 0.3) is 0 Å². The highest BCUT2D eigenvalue weighted by atomic mass is 15.2. The lowest BCUT2D eigenvalue weighted by Gasteiger charge is -2.31. The highest BCUT2D eigenvalue weighted by molar-refractivity contribution is 4.82. The molecule has 0 spiro atoms. The van der Waals surface area contributed by atoms with Gasteiger partial charge in [-0.15, -0.1) is 0 Å². The highest BCUT2D eigenvalue weighted by Crippen LogP contribution is 2.22. The maximum Gasteiger partial charge on any atom is 0.00341 e. The fraction of sp³-hybridized carbons (Fsp3) is 1.00. The SMILES string of the molecule is CCCC1CCN(CC2CNC2)C1. The molecular formula is C11H22N2. The Labute approximate surface area is 81.7 Å². The molecule has 2 fully saturated rings. The molecule has 0 saturated carbocycles. The van der Waals surface area contributed by atoms with E-state index in [-0.39, 0.29) is 0 Å². The number of rotatable bonds is 4. The topological polar surface area (TPSA) is 15.3 Å². The van der Waals surface area contributed by atoms with Crippen molar-refractivity contribution in [2.75, 3.05) is 32.7 Å². The van der Waals surface area contributed by atoms with Gasteiger partial charge in [0.2, 0.25) is 0 Å². The van der Waals surface area contributed by atoms with Crippen molar-refractivity contribution in [2.24, 2.45) is 11.8 Å². The molecule has 0 aromatic rings. The van der Waals surface area contributed by atoms with Crippen molar-refractivity contribution >= 4 is 0 Å². The lowest BCUT2D eigenvalue weighted by atomic mass is 10.0. The molecule has 0 amide bonds. The summed E-state index contributed by atoms with van der Waals surface area (Å²) in [6, 6.07) is 0. The predicted molar refractivity (Wildman–Crippen MR) is 55.8 cm³/mol. The van der Waals surface area contributed by atoms with Crippen LogP contribution >= 0.6 is 0 Å². The second-order valence-electron chi connectivity index (χ2n) is 4.73. The Morgan fingerprint density at radius 2 is 2.15 bits per heavy atom. The van der Waals surface area contributed by atoms with E-state index in [1.165, 1.54) is 52.0 Å². The molecule has 2 saturated heterocycles. The molecule has 0 radical (unpaired) electrons. The fourth-order valence-electron chi connectivity index (χ4n) is 2.57. The molecule has 1 N–H and O–H groups in total. The fourth-order valence-corrected chi connectivity index (χ4v) is 2.57. The molecule has 0 bridgehead atoms. The number of hydrogen-bond donors (Lipinski definition) is 1. The third-order valence-corrected chi connectivity index (χ3v) is 3.45. The van der Waals surface area contributed by atoms with Gasteiger partial charge >= 0.3 is 0 Å². The van der Waals surface area contributed by atoms with Gasteiger partial charge in [-0.3, -0.25) is 0 Å². The molecule has 1 unspecified atom stereocenters. The quantitative estimate of drug-likeness (QED) is 0.705. The number of hydrogen-bond acceptors (Lipinski definition) is 2. The molecule has 2 heteroatoms. The number of likely N-dealkylation sites (tertiary alicyclic amines) is 1. The third-order valence-electron chi connectivity index (χ3n) is 3.45. The van der Waals surface area contributed by atoms with Gasteiger partial charge in [0, 0.05) is 26.2 Å². The molecule has 1 atom stereocenters. The Hall–Kier alpha value is -0.0800. The van der Waals surface area contributed by atoms with Crippen molar-refractivity contribution in [3.63, 3.8) is 0 Å². The lowest BCUT2D eigenvalue weighted by molar-refractivity contribution is 0.218. The third kappa shape index (κ3) is 2.44. The van der Waals surface area contributed by atoms with E-state index in [4.69, 9.17) is 0 Å². The van der Waals surface area contributed by atoms with Crippen LogP contribution in [-0.4, -0.2) is 37.6 Å². The van der Waals surface area contributed by atoms with Crippen LogP contribution in [0.1, 0.15) is 26.2 Å². The first-order valence-corrected chi connectivity index (χ1v) is 5.81. The molecule has 2 heterocycles. The first-order chi connectivity index (χ1) is 6.38. The van der Waals surface area contributed by atoms with E-state index in [0.29, 0.717) is 0 Å². The van der Waals surface area contributed by atoms with Crippen LogP contribution in [0, 0.1) is 11.8 Å². The van der Waals surface area contributed by atoms with Crippen LogP contribution in [0.2, 0.25) is 0 Å². The molecule has 76 valence electrons. The van der Waals surface area contributed by atoms with Crippen molar-refractivity contribution in [1.82, 2.24) is 10.2 Å². The van der Waals surface area contributed by atoms with E-state index in [1.54, 1.807) is 0 Å². The van der Waals surface area contributed by atoms with Crippen molar-refractivity contribution in [3.8, 4) is 0 Å². The van der Waals surface area contributed by atoms with E-state index in [1.807, 2.05) is 0 Å². The zero-order chi connectivity index (χ0) is 9.10. The molecule has 0 aromatic carbocycles. The summed E-state index contributed by atoms with van der Waals surface area (Å²) in [5.74, 6) is 1.97. The largest absolute Gasteiger partial charge is 0.316 e. The minimum atomic E-state index is 0.959. The van der Waals surface area contributed by atoms with Crippen LogP contribution in [0.5, 0.6) is 0 Å². The van der Waals surface area contributed by atoms with Crippen LogP contribution in [0.15, 0.2) is 0 Å². The molecule has 0 aliphatic carbocycles. The summed E-state index contributed by atoms with van der Waals surface area (Å²) in [7, 11) is 0. The van der Waals surface area contributed by atoms with Crippen molar-refractivity contribution in [3.05, 3.63) is 0 Å². The zero-order valence-corrected chi connectivity index (χ0v) is 8.76. The molecule has 2 nitrogen and oxygen atoms in total. The van der Waals surface area contributed by atoms with Gasteiger partial charge in [-0.1, -0.05) is 13.3 Å². The summed E-state index contributed by atoms with van der Waals surface area (Å²) in [6.07, 6.45) is 4.26. The van der Waals surface area contributed by atoms with E-state index in [0.717, 1.165) is 11.8 Å². The Morgan fingerprint density at radius 3 is 2.77 bits per heavy atom.